The van der Waals surface area contributed by atoms with Crippen LogP contribution in [0.15, 0.2) is 23.0 Å². The summed E-state index contributed by atoms with van der Waals surface area (Å²) < 4.78 is 0. The van der Waals surface area contributed by atoms with E-state index in [1.165, 1.54) is 11.3 Å². The molecule has 1 atom stereocenters. The van der Waals surface area contributed by atoms with Gasteiger partial charge in [-0.2, -0.15) is 11.3 Å². The number of carboxylic acid groups (broad SMARTS) is 1. The number of nitrogens with zero attached hydrogens (tertiary/aromatic N) is 2. The van der Waals surface area contributed by atoms with Crippen molar-refractivity contribution in [2.45, 2.75) is 13.3 Å². The van der Waals surface area contributed by atoms with Crippen molar-refractivity contribution in [3.8, 4) is 10.6 Å². The SMILES string of the molecule is C[C@@]1(C(=O)O)CCN(C(=O)c2cnc(-c3ccsc3)s2)C1. The summed E-state index contributed by atoms with van der Waals surface area (Å²) in [5, 5.41) is 14.0. The predicted molar refractivity (Wildman–Crippen MR) is 81.7 cm³/mol. The fourth-order valence-corrected chi connectivity index (χ4v) is 3.95. The zero-order valence-corrected chi connectivity index (χ0v) is 13.0. The van der Waals surface area contributed by atoms with Crippen LogP contribution in [0.2, 0.25) is 0 Å². The van der Waals surface area contributed by atoms with Gasteiger partial charge in [0.15, 0.2) is 0 Å². The molecular weight excluding hydrogens is 308 g/mol. The highest BCUT2D eigenvalue weighted by atomic mass is 32.1. The van der Waals surface area contributed by atoms with Crippen molar-refractivity contribution in [3.05, 3.63) is 27.9 Å². The molecule has 0 bridgehead atoms. The number of aliphatic carboxylic acids is 1. The van der Waals surface area contributed by atoms with E-state index in [0.29, 0.717) is 17.8 Å². The topological polar surface area (TPSA) is 70.5 Å². The number of rotatable bonds is 3. The summed E-state index contributed by atoms with van der Waals surface area (Å²) >= 11 is 2.94. The van der Waals surface area contributed by atoms with Crippen LogP contribution in [0.1, 0.15) is 23.0 Å². The van der Waals surface area contributed by atoms with Gasteiger partial charge in [-0.1, -0.05) is 0 Å². The lowest BCUT2D eigenvalue weighted by Gasteiger charge is -2.19. The van der Waals surface area contributed by atoms with Crippen molar-refractivity contribution >= 4 is 34.6 Å². The number of hydrogen-bond acceptors (Lipinski definition) is 5. The van der Waals surface area contributed by atoms with E-state index in [-0.39, 0.29) is 12.5 Å². The molecule has 110 valence electrons. The number of thiazole rings is 1. The highest BCUT2D eigenvalue weighted by molar-refractivity contribution is 7.17. The molecule has 3 heterocycles. The summed E-state index contributed by atoms with van der Waals surface area (Å²) in [6, 6.07) is 1.97. The molecule has 5 nitrogen and oxygen atoms in total. The van der Waals surface area contributed by atoms with Gasteiger partial charge in [0.2, 0.25) is 0 Å². The van der Waals surface area contributed by atoms with Crippen molar-refractivity contribution in [2.24, 2.45) is 5.41 Å². The second-order valence-electron chi connectivity index (χ2n) is 5.38. The normalized spacial score (nSPS) is 21.7. The van der Waals surface area contributed by atoms with E-state index >= 15 is 0 Å². The molecule has 21 heavy (non-hydrogen) atoms. The second-order valence-corrected chi connectivity index (χ2v) is 7.19. The van der Waals surface area contributed by atoms with Crippen LogP contribution in [0.3, 0.4) is 0 Å². The number of hydrogen-bond donors (Lipinski definition) is 1. The molecule has 7 heteroatoms. The number of carbonyl (C=O) groups excluding carboxylic acids is 1. The predicted octanol–water partition coefficient (Wildman–Crippen LogP) is 2.81. The summed E-state index contributed by atoms with van der Waals surface area (Å²) in [7, 11) is 0. The number of aromatic nitrogens is 1. The molecule has 3 rings (SSSR count). The van der Waals surface area contributed by atoms with Gasteiger partial charge in [-0.05, 0) is 24.8 Å². The third-order valence-corrected chi connectivity index (χ3v) is 5.48. The Labute approximate surface area is 129 Å². The van der Waals surface area contributed by atoms with Gasteiger partial charge in [-0.15, -0.1) is 11.3 Å². The van der Waals surface area contributed by atoms with Gasteiger partial charge < -0.3 is 10.0 Å². The molecule has 2 aromatic rings. The monoisotopic (exact) mass is 322 g/mol. The smallest absolute Gasteiger partial charge is 0.311 e. The third-order valence-electron chi connectivity index (χ3n) is 3.76. The highest BCUT2D eigenvalue weighted by Crippen LogP contribution is 2.33. The minimum Gasteiger partial charge on any atom is -0.481 e. The van der Waals surface area contributed by atoms with E-state index in [0.717, 1.165) is 10.6 Å². The minimum atomic E-state index is -0.846. The van der Waals surface area contributed by atoms with E-state index in [9.17, 15) is 14.7 Å². The fourth-order valence-electron chi connectivity index (χ4n) is 2.36. The van der Waals surface area contributed by atoms with Crippen molar-refractivity contribution < 1.29 is 14.7 Å². The number of carboxylic acids is 1. The number of likely N-dealkylation sites (tertiary alicyclic amines) is 1. The Morgan fingerprint density at radius 2 is 2.29 bits per heavy atom. The van der Waals surface area contributed by atoms with Gasteiger partial charge in [0.1, 0.15) is 9.88 Å². The Balaban J connectivity index is 1.76. The van der Waals surface area contributed by atoms with E-state index < -0.39 is 11.4 Å². The van der Waals surface area contributed by atoms with Gasteiger partial charge in [0.05, 0.1) is 11.6 Å². The van der Waals surface area contributed by atoms with Crippen LogP contribution < -0.4 is 0 Å². The average Bonchev–Trinajstić information content (AvgIpc) is 3.18. The van der Waals surface area contributed by atoms with Gasteiger partial charge in [0, 0.05) is 24.0 Å². The van der Waals surface area contributed by atoms with Crippen molar-refractivity contribution in [3.63, 3.8) is 0 Å². The first kappa shape index (κ1) is 14.2. The maximum absolute atomic E-state index is 12.4. The average molecular weight is 322 g/mol. The van der Waals surface area contributed by atoms with Crippen LogP contribution in [-0.4, -0.2) is 40.0 Å². The van der Waals surface area contributed by atoms with Gasteiger partial charge in [-0.25, -0.2) is 4.98 Å². The molecule has 0 aliphatic carbocycles. The minimum absolute atomic E-state index is 0.126. The molecule has 0 saturated carbocycles. The van der Waals surface area contributed by atoms with Gasteiger partial charge >= 0.3 is 5.97 Å². The lowest BCUT2D eigenvalue weighted by Crippen LogP contribution is -2.34. The van der Waals surface area contributed by atoms with Crippen LogP contribution in [0.4, 0.5) is 0 Å². The number of amides is 1. The van der Waals surface area contributed by atoms with Gasteiger partial charge in [0.25, 0.3) is 5.91 Å². The molecule has 1 amide bonds. The summed E-state index contributed by atoms with van der Waals surface area (Å²) in [5.41, 5.74) is 0.178. The summed E-state index contributed by atoms with van der Waals surface area (Å²) in [6.07, 6.45) is 2.07. The largest absolute Gasteiger partial charge is 0.481 e. The van der Waals surface area contributed by atoms with E-state index in [2.05, 4.69) is 4.98 Å². The van der Waals surface area contributed by atoms with Crippen LogP contribution in [0, 0.1) is 5.41 Å². The molecule has 0 unspecified atom stereocenters. The van der Waals surface area contributed by atoms with E-state index in [1.807, 2.05) is 16.8 Å². The maximum Gasteiger partial charge on any atom is 0.311 e. The first-order valence-corrected chi connectivity index (χ1v) is 8.27. The summed E-state index contributed by atoms with van der Waals surface area (Å²) in [6.45, 7) is 2.42. The molecule has 1 aliphatic rings. The zero-order valence-electron chi connectivity index (χ0n) is 11.4. The van der Waals surface area contributed by atoms with Crippen LogP contribution in [0.25, 0.3) is 10.6 Å². The molecule has 0 spiro atoms. The van der Waals surface area contributed by atoms with Crippen molar-refractivity contribution in [2.75, 3.05) is 13.1 Å². The second kappa shape index (κ2) is 5.23. The Morgan fingerprint density at radius 1 is 1.48 bits per heavy atom. The Hall–Kier alpha value is -1.73. The Morgan fingerprint density at radius 3 is 2.90 bits per heavy atom. The molecule has 0 aromatic carbocycles. The molecule has 1 N–H and O–H groups in total. The number of thiophene rings is 1. The molecule has 0 radical (unpaired) electrons. The molecule has 1 aliphatic heterocycles. The third kappa shape index (κ3) is 2.58. The lowest BCUT2D eigenvalue weighted by atomic mass is 9.90. The summed E-state index contributed by atoms with van der Waals surface area (Å²) in [4.78, 5) is 30.1. The van der Waals surface area contributed by atoms with E-state index in [4.69, 9.17) is 0 Å². The quantitative estimate of drug-likeness (QED) is 0.943. The van der Waals surface area contributed by atoms with Crippen molar-refractivity contribution in [1.29, 1.82) is 0 Å². The van der Waals surface area contributed by atoms with Crippen LogP contribution in [0.5, 0.6) is 0 Å². The first-order chi connectivity index (χ1) is 9.99. The van der Waals surface area contributed by atoms with Crippen molar-refractivity contribution in [1.82, 2.24) is 9.88 Å². The van der Waals surface area contributed by atoms with Crippen LogP contribution >= 0.6 is 22.7 Å². The molecular formula is C14H14N2O3S2. The highest BCUT2D eigenvalue weighted by Gasteiger charge is 2.42. The molecule has 2 aromatic heterocycles. The molecule has 1 saturated heterocycles. The standard InChI is InChI=1S/C14H14N2O3S2/c1-14(13(18)19)3-4-16(8-14)12(17)10-6-15-11(21-10)9-2-5-20-7-9/h2,5-7H,3-4,8H2,1H3,(H,18,19)/t14-/m1/s1. The zero-order chi connectivity index (χ0) is 15.0. The van der Waals surface area contributed by atoms with E-state index in [1.54, 1.807) is 29.4 Å². The first-order valence-electron chi connectivity index (χ1n) is 6.51. The number of carbonyl (C=O) groups is 2. The Kier molecular flexibility index (Phi) is 3.54. The maximum atomic E-state index is 12.4. The van der Waals surface area contributed by atoms with Crippen LogP contribution in [-0.2, 0) is 4.79 Å². The molecule has 1 fully saturated rings. The van der Waals surface area contributed by atoms with Gasteiger partial charge in [-0.3, -0.25) is 9.59 Å². The Bertz CT molecular complexity index is 680. The fraction of sp³-hybridized carbons (Fsp3) is 0.357. The summed E-state index contributed by atoms with van der Waals surface area (Å²) in [5.74, 6) is -0.972. The lowest BCUT2D eigenvalue weighted by molar-refractivity contribution is -0.147.